The van der Waals surface area contributed by atoms with E-state index >= 15 is 17.6 Å². The highest BCUT2D eigenvalue weighted by molar-refractivity contribution is 5.99. The van der Waals surface area contributed by atoms with E-state index < -0.39 is 92.8 Å². The van der Waals surface area contributed by atoms with Crippen molar-refractivity contribution < 1.29 is 60.9 Å². The number of hydrogen-bond donors (Lipinski definition) is 1. The summed E-state index contributed by atoms with van der Waals surface area (Å²) in [5, 5.41) is 23.6. The van der Waals surface area contributed by atoms with Crippen LogP contribution in [0.15, 0.2) is 107 Å². The van der Waals surface area contributed by atoms with Gasteiger partial charge in [-0.15, -0.1) is 0 Å². The molecule has 0 aliphatic carbocycles. The molecule has 2 saturated heterocycles. The number of hydrogen-bond acceptors (Lipinski definition) is 16. The molecule has 21 nitrogen and oxygen atoms in total. The monoisotopic (exact) mass is 1310 g/mol. The summed E-state index contributed by atoms with van der Waals surface area (Å²) in [5.41, 5.74) is -2.66. The zero-order valence-electron chi connectivity index (χ0n) is 55.4. The Labute approximate surface area is 546 Å². The van der Waals surface area contributed by atoms with Crippen LogP contribution in [0.5, 0.6) is 17.2 Å². The van der Waals surface area contributed by atoms with Crippen LogP contribution < -0.4 is 35.1 Å². The second-order valence-electron chi connectivity index (χ2n) is 26.4. The van der Waals surface area contributed by atoms with Crippen LogP contribution in [0.3, 0.4) is 0 Å². The van der Waals surface area contributed by atoms with Crippen LogP contribution in [0, 0.1) is 33.4 Å². The number of fused-ring (bicyclic) bond motifs is 6. The fraction of sp³-hybridized carbons (Fsp3) is 0.400. The molecule has 0 saturated carbocycles. The summed E-state index contributed by atoms with van der Waals surface area (Å²) in [4.78, 5) is 83.0. The molecular weight excluding hydrogens is 1230 g/mol. The molecule has 4 aromatic heterocycles. The third kappa shape index (κ3) is 13.0. The van der Waals surface area contributed by atoms with E-state index in [1.165, 1.54) is 65.0 Å². The zero-order chi connectivity index (χ0) is 69.0. The third-order valence-electron chi connectivity index (χ3n) is 16.9. The van der Waals surface area contributed by atoms with Crippen LogP contribution in [-0.4, -0.2) is 140 Å². The predicted molar refractivity (Wildman–Crippen MR) is 353 cm³/mol. The lowest BCUT2D eigenvalue weighted by molar-refractivity contribution is -0.385. The van der Waals surface area contributed by atoms with Gasteiger partial charge >= 0.3 is 29.0 Å². The molecule has 7 heterocycles. The number of aliphatic hydroxyl groups is 1. The number of benzene rings is 4. The van der Waals surface area contributed by atoms with Crippen molar-refractivity contribution in [1.82, 2.24) is 28.9 Å². The number of carbonyl (C=O) groups excluding carboxylic acids is 2. The van der Waals surface area contributed by atoms with Crippen LogP contribution in [0.2, 0.25) is 0 Å². The molecule has 0 radical (unpaired) electrons. The number of methoxy groups -OCH3 is 2. The van der Waals surface area contributed by atoms with Gasteiger partial charge in [0.15, 0.2) is 22.9 Å². The van der Waals surface area contributed by atoms with Crippen molar-refractivity contribution in [2.24, 2.45) is 0 Å². The molecule has 0 unspecified atom stereocenters. The SMILES string of the molecule is COc1cccc(F)c1-c1nc2c(cc1F)c(N1C[C@@H](C)N(C(=O)OC(C)(C)C)C[C@@H]1CO)c([N+](=O)[O-])c(=O)n2-c1ccccc1C(C)C.COc1cccc(F)c1-c1nc2c(cc1F)c1c(c(=O)n2-c2ccccc2C(C)C)OC[C@H]2CN(C(=O)OC(C)(C)C)[C@H](C)CN12. The Morgan fingerprint density at radius 1 is 0.632 bits per heavy atom. The highest BCUT2D eigenvalue weighted by Gasteiger charge is 2.44. The fourth-order valence-corrected chi connectivity index (χ4v) is 12.6. The number of halogens is 4. The fourth-order valence-electron chi connectivity index (χ4n) is 12.6. The van der Waals surface area contributed by atoms with E-state index in [0.29, 0.717) is 28.9 Å². The number of amides is 2. The minimum Gasteiger partial charge on any atom is -0.496 e. The molecule has 1 N–H and O–H groups in total. The van der Waals surface area contributed by atoms with Crippen LogP contribution >= 0.6 is 0 Å². The van der Waals surface area contributed by atoms with Crippen molar-refractivity contribution in [2.75, 3.05) is 63.4 Å². The highest BCUT2D eigenvalue weighted by Crippen LogP contribution is 2.45. The maximum atomic E-state index is 16.3. The van der Waals surface area contributed by atoms with Gasteiger partial charge < -0.3 is 48.4 Å². The average Bonchev–Trinajstić information content (AvgIpc) is 0.727. The van der Waals surface area contributed by atoms with Gasteiger partial charge in [-0.05, 0) is 127 Å². The molecule has 2 fully saturated rings. The summed E-state index contributed by atoms with van der Waals surface area (Å²) in [5.74, 6) is -3.33. The van der Waals surface area contributed by atoms with Gasteiger partial charge in [0.05, 0.1) is 71.4 Å². The molecule has 4 aromatic carbocycles. The Morgan fingerprint density at radius 3 is 1.52 bits per heavy atom. The summed E-state index contributed by atoms with van der Waals surface area (Å²) < 4.78 is 93.8. The second kappa shape index (κ2) is 26.5. The number of anilines is 2. The second-order valence-corrected chi connectivity index (χ2v) is 26.4. The van der Waals surface area contributed by atoms with Gasteiger partial charge in [0, 0.05) is 43.6 Å². The van der Waals surface area contributed by atoms with Crippen LogP contribution in [0.25, 0.3) is 56.0 Å². The van der Waals surface area contributed by atoms with Gasteiger partial charge in [0.1, 0.15) is 58.0 Å². The Bertz CT molecular complexity index is 4450. The first-order valence-electron chi connectivity index (χ1n) is 31.2. The lowest BCUT2D eigenvalue weighted by Crippen LogP contribution is -2.62. The van der Waals surface area contributed by atoms with Gasteiger partial charge in [-0.1, -0.05) is 76.2 Å². The molecule has 25 heteroatoms. The van der Waals surface area contributed by atoms with E-state index in [2.05, 4.69) is 4.98 Å². The van der Waals surface area contributed by atoms with E-state index in [4.69, 9.17) is 28.7 Å². The summed E-state index contributed by atoms with van der Waals surface area (Å²) in [6.45, 7) is 21.9. The Hall–Kier alpha value is -9.78. The van der Waals surface area contributed by atoms with Crippen molar-refractivity contribution in [3.63, 3.8) is 0 Å². The molecule has 502 valence electrons. The topological polar surface area (TPSA) is 226 Å². The lowest BCUT2D eigenvalue weighted by Gasteiger charge is -2.48. The number of para-hydroxylation sites is 2. The van der Waals surface area contributed by atoms with Gasteiger partial charge in [-0.2, -0.15) is 0 Å². The van der Waals surface area contributed by atoms with Gasteiger partial charge in [-0.3, -0.25) is 28.8 Å². The molecular formula is C70H77F4N9O12. The van der Waals surface area contributed by atoms with Crippen molar-refractivity contribution in [1.29, 1.82) is 0 Å². The summed E-state index contributed by atoms with van der Waals surface area (Å²) in [6, 6.07) is 22.4. The maximum absolute atomic E-state index is 16.3. The van der Waals surface area contributed by atoms with Crippen LogP contribution in [-0.2, 0) is 9.47 Å². The van der Waals surface area contributed by atoms with Crippen molar-refractivity contribution >= 4 is 51.3 Å². The third-order valence-corrected chi connectivity index (χ3v) is 16.9. The van der Waals surface area contributed by atoms with E-state index in [-0.39, 0.29) is 112 Å². The van der Waals surface area contributed by atoms with Crippen LogP contribution in [0.1, 0.15) is 106 Å². The van der Waals surface area contributed by atoms with E-state index in [0.717, 1.165) is 22.3 Å². The molecule has 2 amide bonds. The first-order chi connectivity index (χ1) is 44.9. The molecule has 95 heavy (non-hydrogen) atoms. The number of ether oxygens (including phenoxy) is 5. The maximum Gasteiger partial charge on any atom is 0.410 e. The van der Waals surface area contributed by atoms with E-state index in [9.17, 15) is 34.4 Å². The quantitative estimate of drug-likeness (QED) is 0.0721. The molecule has 3 aliphatic heterocycles. The number of carbonyl (C=O) groups is 2. The van der Waals surface area contributed by atoms with Crippen molar-refractivity contribution in [3.8, 4) is 51.1 Å². The largest absolute Gasteiger partial charge is 0.496 e. The molecule has 3 aliphatic rings. The minimum atomic E-state index is -1.06. The number of aliphatic hydroxyl groups excluding tert-OH is 1. The molecule has 4 atom stereocenters. The first kappa shape index (κ1) is 68.1. The number of rotatable bonds is 11. The lowest BCUT2D eigenvalue weighted by atomic mass is 9.99. The predicted octanol–water partition coefficient (Wildman–Crippen LogP) is 12.8. The number of nitrogens with zero attached hydrogens (tertiary/aromatic N) is 9. The number of nitro groups is 1. The molecule has 11 rings (SSSR count). The number of pyridine rings is 4. The Kier molecular flexibility index (Phi) is 19.0. The average molecular weight is 1310 g/mol. The Morgan fingerprint density at radius 2 is 1.07 bits per heavy atom. The highest BCUT2D eigenvalue weighted by atomic mass is 19.1. The van der Waals surface area contributed by atoms with Gasteiger partial charge in [-0.25, -0.2) is 37.1 Å². The first-order valence-corrected chi connectivity index (χ1v) is 31.2. The standard InChI is InChI=1S/C35H39F2N5O7.C35H38F2N4O5/c1-19(2)22-11-8-9-13-26(22)41-32-23(15-25(37)29(38-32)28-24(36)12-10-14-27(28)48-7)30(31(33(41)44)42(46)47)40-16-20(3)39(17-21(40)18-43)34(45)49-35(4,5)6;1-19(2)22-11-8-9-13-26(22)41-32-23(15-25(37)29(38-32)28-24(36)12-10-14-27(28)44-7)30-31(33(41)42)45-18-21-17-39(20(3)16-40(21)30)34(43)46-35(4,5)6/h8-15,19-21,43H,16-18H2,1-7H3;8-15,19-21H,16-18H2,1-7H3/t2*20-,21-/m11/s1. The summed E-state index contributed by atoms with van der Waals surface area (Å²) >= 11 is 0. The molecule has 0 spiro atoms. The number of piperazine rings is 2. The van der Waals surface area contributed by atoms with Crippen LogP contribution in [0.4, 0.5) is 44.2 Å². The normalized spacial score (nSPS) is 17.3. The Balaban J connectivity index is 0.000000207. The molecule has 0 bridgehead atoms. The summed E-state index contributed by atoms with van der Waals surface area (Å²) in [6.07, 6.45) is -1.08. The van der Waals surface area contributed by atoms with E-state index in [1.54, 1.807) is 56.9 Å². The number of aromatic nitrogens is 4. The molecule has 8 aromatic rings. The van der Waals surface area contributed by atoms with Gasteiger partial charge in [0.25, 0.3) is 0 Å². The smallest absolute Gasteiger partial charge is 0.410 e. The van der Waals surface area contributed by atoms with Crippen molar-refractivity contribution in [3.05, 3.63) is 162 Å². The summed E-state index contributed by atoms with van der Waals surface area (Å²) in [7, 11) is 2.67. The van der Waals surface area contributed by atoms with Crippen molar-refractivity contribution in [2.45, 2.75) is 130 Å². The van der Waals surface area contributed by atoms with E-state index in [1.807, 2.05) is 84.6 Å². The minimum absolute atomic E-state index is 0.0169. The zero-order valence-corrected chi connectivity index (χ0v) is 55.4. The van der Waals surface area contributed by atoms with Gasteiger partial charge in [0.2, 0.25) is 5.75 Å².